The average molecular weight is 326 g/mol. The van der Waals surface area contributed by atoms with Crippen LogP contribution in [0.2, 0.25) is 0 Å². The maximum absolute atomic E-state index is 13.0. The lowest BCUT2D eigenvalue weighted by Gasteiger charge is -2.08. The highest BCUT2D eigenvalue weighted by molar-refractivity contribution is 9.10. The van der Waals surface area contributed by atoms with Crippen molar-refractivity contribution in [2.24, 2.45) is 0 Å². The number of ether oxygens (including phenoxy) is 1. The molecular weight excluding hydrogens is 317 g/mol. The van der Waals surface area contributed by atoms with Crippen LogP contribution in [0.3, 0.4) is 0 Å². The van der Waals surface area contributed by atoms with Gasteiger partial charge >= 0.3 is 0 Å². The largest absolute Gasteiger partial charge is 0.489 e. The van der Waals surface area contributed by atoms with Crippen molar-refractivity contribution in [1.82, 2.24) is 0 Å². The molecule has 0 N–H and O–H groups in total. The monoisotopic (exact) mass is 325 g/mol. The van der Waals surface area contributed by atoms with Crippen molar-refractivity contribution in [3.8, 4) is 5.75 Å². The summed E-state index contributed by atoms with van der Waals surface area (Å²) in [5, 5.41) is 10.8. The fraction of sp³-hybridized carbons (Fsp3) is 0.0769. The fourth-order valence-electron chi connectivity index (χ4n) is 1.54. The molecule has 0 unspecified atom stereocenters. The summed E-state index contributed by atoms with van der Waals surface area (Å²) in [6.45, 7) is 0.117. The molecule has 19 heavy (non-hydrogen) atoms. The lowest BCUT2D eigenvalue weighted by atomic mass is 10.2. The third kappa shape index (κ3) is 3.29. The number of nitrogens with zero attached hydrogens (tertiary/aromatic N) is 1. The van der Waals surface area contributed by atoms with Crippen LogP contribution in [0.25, 0.3) is 0 Å². The first-order valence-electron chi connectivity index (χ1n) is 5.38. The first kappa shape index (κ1) is 13.5. The van der Waals surface area contributed by atoms with Gasteiger partial charge in [-0.2, -0.15) is 0 Å². The molecule has 0 heterocycles. The van der Waals surface area contributed by atoms with Gasteiger partial charge in [-0.15, -0.1) is 0 Å². The maximum Gasteiger partial charge on any atom is 0.283 e. The minimum Gasteiger partial charge on any atom is -0.489 e. The van der Waals surface area contributed by atoms with E-state index in [-0.39, 0.29) is 12.3 Å². The molecular formula is C13H9BrFNO3. The minimum absolute atomic E-state index is 0.0275. The van der Waals surface area contributed by atoms with Crippen molar-refractivity contribution in [3.63, 3.8) is 0 Å². The van der Waals surface area contributed by atoms with E-state index in [0.717, 1.165) is 0 Å². The van der Waals surface area contributed by atoms with Gasteiger partial charge in [0.25, 0.3) is 5.69 Å². The molecule has 98 valence electrons. The molecule has 0 spiro atoms. The van der Waals surface area contributed by atoms with Crippen LogP contribution in [-0.2, 0) is 6.61 Å². The molecule has 0 saturated heterocycles. The second-order valence-corrected chi connectivity index (χ2v) is 4.55. The zero-order chi connectivity index (χ0) is 13.8. The van der Waals surface area contributed by atoms with Gasteiger partial charge in [0, 0.05) is 17.7 Å². The Morgan fingerprint density at radius 2 is 2.00 bits per heavy atom. The van der Waals surface area contributed by atoms with Gasteiger partial charge in [-0.05, 0) is 28.1 Å². The van der Waals surface area contributed by atoms with Crippen molar-refractivity contribution in [1.29, 1.82) is 0 Å². The Balaban J connectivity index is 2.16. The van der Waals surface area contributed by atoms with Crippen LogP contribution in [-0.4, -0.2) is 4.92 Å². The van der Waals surface area contributed by atoms with Gasteiger partial charge in [-0.25, -0.2) is 4.39 Å². The topological polar surface area (TPSA) is 52.4 Å². The second-order valence-electron chi connectivity index (χ2n) is 3.75. The molecule has 0 radical (unpaired) electrons. The zero-order valence-electron chi connectivity index (χ0n) is 9.68. The van der Waals surface area contributed by atoms with Gasteiger partial charge in [-0.3, -0.25) is 10.1 Å². The number of nitro groups is 1. The molecule has 6 heteroatoms. The van der Waals surface area contributed by atoms with E-state index in [1.807, 2.05) is 0 Å². The summed E-state index contributed by atoms with van der Waals surface area (Å²) in [5.74, 6) is -0.0194. The Bertz CT molecular complexity index is 619. The Labute approximate surface area is 117 Å². The SMILES string of the molecule is O=[N+]([O-])c1cccc(COc2cccc(F)c2)c1Br. The van der Waals surface area contributed by atoms with Gasteiger partial charge in [0.1, 0.15) is 22.6 Å². The predicted molar refractivity (Wildman–Crippen MR) is 71.5 cm³/mol. The quantitative estimate of drug-likeness (QED) is 0.628. The summed E-state index contributed by atoms with van der Waals surface area (Å²) in [4.78, 5) is 10.3. The third-order valence-electron chi connectivity index (χ3n) is 2.45. The fourth-order valence-corrected chi connectivity index (χ4v) is 2.06. The van der Waals surface area contributed by atoms with Gasteiger partial charge in [0.15, 0.2) is 0 Å². The van der Waals surface area contributed by atoms with E-state index in [1.54, 1.807) is 18.2 Å². The molecule has 0 aromatic heterocycles. The molecule has 0 fully saturated rings. The number of hydrogen-bond donors (Lipinski definition) is 0. The van der Waals surface area contributed by atoms with Crippen molar-refractivity contribution in [2.75, 3.05) is 0 Å². The number of benzene rings is 2. The molecule has 0 saturated carbocycles. The van der Waals surface area contributed by atoms with E-state index in [9.17, 15) is 14.5 Å². The van der Waals surface area contributed by atoms with E-state index in [0.29, 0.717) is 15.8 Å². The van der Waals surface area contributed by atoms with Crippen LogP contribution in [0.15, 0.2) is 46.9 Å². The summed E-state index contributed by atoms with van der Waals surface area (Å²) in [5.41, 5.74) is 0.596. The molecule has 0 aliphatic heterocycles. The predicted octanol–water partition coefficient (Wildman–Crippen LogP) is 4.08. The summed E-state index contributed by atoms with van der Waals surface area (Å²) in [6.07, 6.45) is 0. The molecule has 0 aliphatic rings. The minimum atomic E-state index is -0.476. The highest BCUT2D eigenvalue weighted by Gasteiger charge is 2.14. The van der Waals surface area contributed by atoms with Crippen molar-refractivity contribution < 1.29 is 14.1 Å². The van der Waals surface area contributed by atoms with E-state index < -0.39 is 10.7 Å². The van der Waals surface area contributed by atoms with Gasteiger partial charge in [0.05, 0.1) is 4.92 Å². The Morgan fingerprint density at radius 3 is 2.68 bits per heavy atom. The number of halogens is 2. The molecule has 0 amide bonds. The molecule has 0 aliphatic carbocycles. The van der Waals surface area contributed by atoms with Crippen LogP contribution < -0.4 is 4.74 Å². The average Bonchev–Trinajstić information content (AvgIpc) is 2.37. The molecule has 2 aromatic carbocycles. The van der Waals surface area contributed by atoms with Crippen molar-refractivity contribution >= 4 is 21.6 Å². The van der Waals surface area contributed by atoms with E-state index >= 15 is 0 Å². The molecule has 4 nitrogen and oxygen atoms in total. The molecule has 2 aromatic rings. The zero-order valence-corrected chi connectivity index (χ0v) is 11.3. The lowest BCUT2D eigenvalue weighted by Crippen LogP contribution is -1.99. The lowest BCUT2D eigenvalue weighted by molar-refractivity contribution is -0.385. The van der Waals surface area contributed by atoms with Gasteiger partial charge in [-0.1, -0.05) is 18.2 Å². The first-order chi connectivity index (χ1) is 9.08. The number of hydrogen-bond acceptors (Lipinski definition) is 3. The van der Waals surface area contributed by atoms with Crippen LogP contribution >= 0.6 is 15.9 Å². The van der Waals surface area contributed by atoms with Gasteiger partial charge in [0.2, 0.25) is 0 Å². The van der Waals surface area contributed by atoms with Crippen LogP contribution in [0.4, 0.5) is 10.1 Å². The smallest absolute Gasteiger partial charge is 0.283 e. The standard InChI is InChI=1S/C13H9BrFNO3/c14-13-9(3-1-6-12(13)16(17)18)8-19-11-5-2-4-10(15)7-11/h1-7H,8H2. The highest BCUT2D eigenvalue weighted by atomic mass is 79.9. The summed E-state index contributed by atoms with van der Waals surface area (Å²) >= 11 is 3.17. The highest BCUT2D eigenvalue weighted by Crippen LogP contribution is 2.29. The van der Waals surface area contributed by atoms with Gasteiger partial charge < -0.3 is 4.74 Å². The van der Waals surface area contributed by atoms with Crippen molar-refractivity contribution in [2.45, 2.75) is 6.61 Å². The van der Waals surface area contributed by atoms with Crippen LogP contribution in [0.1, 0.15) is 5.56 Å². The second kappa shape index (κ2) is 5.79. The summed E-state index contributed by atoms with van der Waals surface area (Å²) < 4.78 is 18.7. The Kier molecular flexibility index (Phi) is 4.11. The van der Waals surface area contributed by atoms with Crippen molar-refractivity contribution in [3.05, 3.63) is 68.4 Å². The first-order valence-corrected chi connectivity index (χ1v) is 6.17. The van der Waals surface area contributed by atoms with E-state index in [4.69, 9.17) is 4.74 Å². The molecule has 2 rings (SSSR count). The summed E-state index contributed by atoms with van der Waals surface area (Å²) in [6, 6.07) is 10.4. The van der Waals surface area contributed by atoms with E-state index in [1.165, 1.54) is 24.3 Å². The Morgan fingerprint density at radius 1 is 1.26 bits per heavy atom. The molecule has 0 bridgehead atoms. The third-order valence-corrected chi connectivity index (χ3v) is 3.36. The van der Waals surface area contributed by atoms with Crippen LogP contribution in [0, 0.1) is 15.9 Å². The Hall–Kier alpha value is -1.95. The number of rotatable bonds is 4. The summed E-state index contributed by atoms with van der Waals surface area (Å²) in [7, 11) is 0. The maximum atomic E-state index is 13.0. The normalized spacial score (nSPS) is 10.2. The van der Waals surface area contributed by atoms with Crippen LogP contribution in [0.5, 0.6) is 5.75 Å². The molecule has 0 atom stereocenters. The number of nitro benzene ring substituents is 1. The van der Waals surface area contributed by atoms with E-state index in [2.05, 4.69) is 15.9 Å².